The highest BCUT2D eigenvalue weighted by atomic mass is 35.5. The summed E-state index contributed by atoms with van der Waals surface area (Å²) in [5, 5.41) is 6.24. The van der Waals surface area contributed by atoms with Gasteiger partial charge < -0.3 is 10.6 Å². The van der Waals surface area contributed by atoms with Crippen LogP contribution in [0.3, 0.4) is 0 Å². The molecule has 19 heavy (non-hydrogen) atoms. The number of benzene rings is 1. The molecule has 0 bridgehead atoms. The molecule has 3 nitrogen and oxygen atoms in total. The van der Waals surface area contributed by atoms with Crippen molar-refractivity contribution in [1.29, 1.82) is 0 Å². The van der Waals surface area contributed by atoms with Crippen molar-refractivity contribution in [2.75, 3.05) is 19.3 Å². The molecule has 0 heterocycles. The van der Waals surface area contributed by atoms with E-state index in [4.69, 9.17) is 0 Å². The molecule has 0 saturated carbocycles. The molecule has 0 aliphatic carbocycles. The Morgan fingerprint density at radius 2 is 2.11 bits per heavy atom. The maximum Gasteiger partial charge on any atom is 0.251 e. The lowest BCUT2D eigenvalue weighted by Crippen LogP contribution is -2.39. The minimum absolute atomic E-state index is 0. The monoisotopic (exact) mass is 302 g/mol. The Hall–Kier alpha value is -0.710. The lowest BCUT2D eigenvalue weighted by Gasteiger charge is -2.14. The van der Waals surface area contributed by atoms with Crippen LogP contribution in [0.5, 0.6) is 0 Å². The van der Waals surface area contributed by atoms with Gasteiger partial charge in [0.15, 0.2) is 0 Å². The maximum absolute atomic E-state index is 12.1. The lowest BCUT2D eigenvalue weighted by molar-refractivity contribution is 0.0949. The number of carbonyl (C=O) groups excluding carboxylic acids is 1. The molecule has 0 aliphatic rings. The van der Waals surface area contributed by atoms with Gasteiger partial charge in [-0.25, -0.2) is 0 Å². The van der Waals surface area contributed by atoms with Gasteiger partial charge in [-0.2, -0.15) is 0 Å². The van der Waals surface area contributed by atoms with Crippen molar-refractivity contribution >= 4 is 30.1 Å². The highest BCUT2D eigenvalue weighted by Crippen LogP contribution is 2.18. The van der Waals surface area contributed by atoms with E-state index < -0.39 is 0 Å². The van der Waals surface area contributed by atoms with Gasteiger partial charge in [0.1, 0.15) is 0 Å². The number of thioether (sulfide) groups is 1. The molecule has 2 N–H and O–H groups in total. The minimum atomic E-state index is 0. The summed E-state index contributed by atoms with van der Waals surface area (Å²) in [7, 11) is 0. The van der Waals surface area contributed by atoms with Crippen molar-refractivity contribution in [2.24, 2.45) is 0 Å². The summed E-state index contributed by atoms with van der Waals surface area (Å²) in [6.07, 6.45) is 2.01. The molecule has 1 rings (SSSR count). The molecular formula is C14H23ClN2OS. The summed E-state index contributed by atoms with van der Waals surface area (Å²) in [5.41, 5.74) is 1.78. The maximum atomic E-state index is 12.1. The Bertz CT molecular complexity index is 412. The van der Waals surface area contributed by atoms with E-state index in [-0.39, 0.29) is 18.3 Å². The smallest absolute Gasteiger partial charge is 0.251 e. The summed E-state index contributed by atoms with van der Waals surface area (Å²) in [6.45, 7) is 7.65. The Morgan fingerprint density at radius 1 is 1.42 bits per heavy atom. The van der Waals surface area contributed by atoms with Gasteiger partial charge >= 0.3 is 0 Å². The highest BCUT2D eigenvalue weighted by Gasteiger charge is 2.10. The lowest BCUT2D eigenvalue weighted by atomic mass is 10.1. The standard InChI is InChI=1S/C14H22N2OS.ClH/c1-5-15-11(3)9-16-14(17)13-8-12(18-4)7-6-10(13)2;/h6-8,11,15H,5,9H2,1-4H3,(H,16,17);1H/t11-;/m1./s1. The van der Waals surface area contributed by atoms with Crippen molar-refractivity contribution in [3.8, 4) is 0 Å². The van der Waals surface area contributed by atoms with E-state index >= 15 is 0 Å². The predicted molar refractivity (Wildman–Crippen MR) is 85.7 cm³/mol. The van der Waals surface area contributed by atoms with Crippen LogP contribution in [0.4, 0.5) is 0 Å². The summed E-state index contributed by atoms with van der Waals surface area (Å²) < 4.78 is 0. The first-order valence-electron chi connectivity index (χ1n) is 6.24. The molecule has 1 atom stereocenters. The number of halogens is 1. The molecule has 108 valence electrons. The fourth-order valence-electron chi connectivity index (χ4n) is 1.73. The Labute approximate surface area is 126 Å². The van der Waals surface area contributed by atoms with E-state index in [1.165, 1.54) is 0 Å². The second-order valence-electron chi connectivity index (χ2n) is 4.35. The third-order valence-corrected chi connectivity index (χ3v) is 3.54. The van der Waals surface area contributed by atoms with Crippen molar-refractivity contribution in [1.82, 2.24) is 10.6 Å². The van der Waals surface area contributed by atoms with E-state index in [1.54, 1.807) is 11.8 Å². The Balaban J connectivity index is 0.00000324. The number of likely N-dealkylation sites (N-methyl/N-ethyl adjacent to an activating group) is 1. The van der Waals surface area contributed by atoms with E-state index in [1.807, 2.05) is 31.4 Å². The van der Waals surface area contributed by atoms with Crippen LogP contribution in [0, 0.1) is 6.92 Å². The number of rotatable bonds is 6. The molecule has 0 aliphatic heterocycles. The van der Waals surface area contributed by atoms with Gasteiger partial charge in [0.05, 0.1) is 0 Å². The van der Waals surface area contributed by atoms with Gasteiger partial charge in [0.25, 0.3) is 5.91 Å². The van der Waals surface area contributed by atoms with Crippen molar-refractivity contribution in [3.63, 3.8) is 0 Å². The molecule has 0 radical (unpaired) electrons. The van der Waals surface area contributed by atoms with Gasteiger partial charge in [-0.05, 0) is 44.3 Å². The number of nitrogens with one attached hydrogen (secondary N) is 2. The molecule has 0 saturated heterocycles. The Morgan fingerprint density at radius 3 is 2.68 bits per heavy atom. The molecule has 5 heteroatoms. The summed E-state index contributed by atoms with van der Waals surface area (Å²) in [6, 6.07) is 6.28. The fourth-order valence-corrected chi connectivity index (χ4v) is 2.17. The summed E-state index contributed by atoms with van der Waals surface area (Å²) >= 11 is 1.65. The zero-order chi connectivity index (χ0) is 13.5. The van der Waals surface area contributed by atoms with E-state index in [2.05, 4.69) is 24.5 Å². The van der Waals surface area contributed by atoms with Gasteiger partial charge in [0, 0.05) is 23.0 Å². The van der Waals surface area contributed by atoms with Crippen LogP contribution in [-0.4, -0.2) is 31.3 Å². The van der Waals surface area contributed by atoms with Gasteiger partial charge in [-0.1, -0.05) is 13.0 Å². The average molecular weight is 303 g/mol. The first-order chi connectivity index (χ1) is 8.58. The molecule has 0 fully saturated rings. The van der Waals surface area contributed by atoms with E-state index in [0.717, 1.165) is 22.6 Å². The first kappa shape index (κ1) is 18.3. The molecule has 1 amide bonds. The molecule has 0 spiro atoms. The van der Waals surface area contributed by atoms with Crippen molar-refractivity contribution < 1.29 is 4.79 Å². The van der Waals surface area contributed by atoms with Gasteiger partial charge in [-0.3, -0.25) is 4.79 Å². The van der Waals surface area contributed by atoms with E-state index in [9.17, 15) is 4.79 Å². The van der Waals surface area contributed by atoms with E-state index in [0.29, 0.717) is 12.6 Å². The van der Waals surface area contributed by atoms with Crippen LogP contribution in [0.1, 0.15) is 29.8 Å². The van der Waals surface area contributed by atoms with Crippen molar-refractivity contribution in [3.05, 3.63) is 29.3 Å². The third-order valence-electron chi connectivity index (χ3n) is 2.81. The first-order valence-corrected chi connectivity index (χ1v) is 7.47. The van der Waals surface area contributed by atoms with Gasteiger partial charge in [0.2, 0.25) is 0 Å². The van der Waals surface area contributed by atoms with Crippen molar-refractivity contribution in [2.45, 2.75) is 31.7 Å². The SMILES string of the molecule is CCN[C@H](C)CNC(=O)c1cc(SC)ccc1C.Cl. The van der Waals surface area contributed by atoms with Gasteiger partial charge in [-0.15, -0.1) is 24.2 Å². The Kier molecular flexibility index (Phi) is 8.89. The quantitative estimate of drug-likeness (QED) is 0.794. The third kappa shape index (κ3) is 5.85. The number of hydrogen-bond donors (Lipinski definition) is 2. The number of carbonyl (C=O) groups is 1. The zero-order valence-electron chi connectivity index (χ0n) is 11.9. The van der Waals surface area contributed by atoms with Crippen LogP contribution in [0.2, 0.25) is 0 Å². The number of aryl methyl sites for hydroxylation is 1. The number of amides is 1. The van der Waals surface area contributed by atoms with Crippen LogP contribution >= 0.6 is 24.2 Å². The minimum Gasteiger partial charge on any atom is -0.350 e. The largest absolute Gasteiger partial charge is 0.350 e. The summed E-state index contributed by atoms with van der Waals surface area (Å²) in [4.78, 5) is 13.2. The molecule has 0 unspecified atom stereocenters. The van der Waals surface area contributed by atoms with Crippen LogP contribution in [0.25, 0.3) is 0 Å². The molecule has 1 aromatic rings. The van der Waals surface area contributed by atoms with Crippen LogP contribution < -0.4 is 10.6 Å². The topological polar surface area (TPSA) is 41.1 Å². The normalized spacial score (nSPS) is 11.6. The zero-order valence-corrected chi connectivity index (χ0v) is 13.6. The fraction of sp³-hybridized carbons (Fsp3) is 0.500. The van der Waals surface area contributed by atoms with Crippen LogP contribution in [0.15, 0.2) is 23.1 Å². The summed E-state index contributed by atoms with van der Waals surface area (Å²) in [5.74, 6) is 0.00755. The van der Waals surface area contributed by atoms with Crippen LogP contribution in [-0.2, 0) is 0 Å². The molecule has 1 aromatic carbocycles. The molecule has 0 aromatic heterocycles. The molecular weight excluding hydrogens is 280 g/mol. The number of hydrogen-bond acceptors (Lipinski definition) is 3. The second-order valence-corrected chi connectivity index (χ2v) is 5.23. The highest BCUT2D eigenvalue weighted by molar-refractivity contribution is 7.98. The second kappa shape index (κ2) is 9.23. The predicted octanol–water partition coefficient (Wildman–Crippen LogP) is 2.87. The average Bonchev–Trinajstić information content (AvgIpc) is 2.37.